The van der Waals surface area contributed by atoms with Gasteiger partial charge in [-0.1, -0.05) is 25.1 Å². The van der Waals surface area contributed by atoms with Crippen LogP contribution in [0.1, 0.15) is 53.2 Å². The van der Waals surface area contributed by atoms with E-state index in [9.17, 15) is 14.0 Å². The molecular weight excluding hydrogens is 465 g/mol. The first-order valence-corrected chi connectivity index (χ1v) is 12.3. The quantitative estimate of drug-likeness (QED) is 0.480. The lowest BCUT2D eigenvalue weighted by Gasteiger charge is -2.38. The number of benzene rings is 2. The molecular formula is C28H39ClFN3O2. The van der Waals surface area contributed by atoms with Crippen LogP contribution >= 0.6 is 12.4 Å². The van der Waals surface area contributed by atoms with Gasteiger partial charge in [-0.05, 0) is 101 Å². The first kappa shape index (κ1) is 28.8. The minimum atomic E-state index is -0.192. The monoisotopic (exact) mass is 503 g/mol. The number of nitrogens with zero attached hydrogens (tertiary/aromatic N) is 2. The van der Waals surface area contributed by atoms with Crippen molar-refractivity contribution in [3.05, 3.63) is 64.5 Å². The number of carbonyl (C=O) groups excluding carboxylic acids is 2. The van der Waals surface area contributed by atoms with E-state index in [0.29, 0.717) is 30.6 Å². The van der Waals surface area contributed by atoms with Crippen LogP contribution in [-0.4, -0.2) is 50.4 Å². The first-order valence-electron chi connectivity index (χ1n) is 12.3. The van der Waals surface area contributed by atoms with Gasteiger partial charge < -0.3 is 15.1 Å². The molecule has 192 valence electrons. The van der Waals surface area contributed by atoms with E-state index in [1.165, 1.54) is 6.07 Å². The lowest BCUT2D eigenvalue weighted by molar-refractivity contribution is -0.124. The Labute approximate surface area is 215 Å². The molecule has 2 atom stereocenters. The second kappa shape index (κ2) is 13.0. The van der Waals surface area contributed by atoms with Crippen LogP contribution in [0, 0.1) is 31.5 Å². The van der Waals surface area contributed by atoms with Crippen molar-refractivity contribution < 1.29 is 14.0 Å². The molecule has 1 aliphatic rings. The van der Waals surface area contributed by atoms with Gasteiger partial charge in [0.05, 0.1) is 0 Å². The number of unbranched alkanes of at least 4 members (excludes halogenated alkanes) is 1. The Morgan fingerprint density at radius 2 is 1.80 bits per heavy atom. The summed E-state index contributed by atoms with van der Waals surface area (Å²) in [5, 5.41) is 3.01. The van der Waals surface area contributed by atoms with E-state index in [-0.39, 0.29) is 41.9 Å². The molecule has 5 nitrogen and oxygen atoms in total. The highest BCUT2D eigenvalue weighted by Gasteiger charge is 2.34. The van der Waals surface area contributed by atoms with E-state index in [1.54, 1.807) is 6.07 Å². The second-order valence-electron chi connectivity index (χ2n) is 9.97. The summed E-state index contributed by atoms with van der Waals surface area (Å²) in [4.78, 5) is 29.8. The average molecular weight is 504 g/mol. The fourth-order valence-electron chi connectivity index (χ4n) is 4.98. The number of amides is 2. The van der Waals surface area contributed by atoms with E-state index in [1.807, 2.05) is 64.0 Å². The van der Waals surface area contributed by atoms with Gasteiger partial charge in [-0.3, -0.25) is 9.59 Å². The van der Waals surface area contributed by atoms with Crippen LogP contribution in [0.25, 0.3) is 0 Å². The van der Waals surface area contributed by atoms with Gasteiger partial charge in [0.15, 0.2) is 0 Å². The largest absolute Gasteiger partial charge is 0.352 e. The van der Waals surface area contributed by atoms with Crippen molar-refractivity contribution in [2.24, 2.45) is 11.8 Å². The number of hydrogen-bond acceptors (Lipinski definition) is 3. The molecule has 1 heterocycles. The van der Waals surface area contributed by atoms with Gasteiger partial charge in [0, 0.05) is 30.3 Å². The number of nitrogens with one attached hydrogen (secondary N) is 1. The predicted molar refractivity (Wildman–Crippen MR) is 143 cm³/mol. The smallest absolute Gasteiger partial charge is 0.251 e. The van der Waals surface area contributed by atoms with Crippen molar-refractivity contribution in [2.45, 2.75) is 46.5 Å². The van der Waals surface area contributed by atoms with E-state index >= 15 is 0 Å². The molecule has 2 aromatic carbocycles. The zero-order chi connectivity index (χ0) is 24.8. The Balaban J connectivity index is 0.00000432. The maximum atomic E-state index is 14.2. The van der Waals surface area contributed by atoms with Gasteiger partial charge in [0.25, 0.3) is 5.91 Å². The molecule has 2 amide bonds. The first-order chi connectivity index (χ1) is 16.2. The summed E-state index contributed by atoms with van der Waals surface area (Å²) >= 11 is 0. The summed E-state index contributed by atoms with van der Waals surface area (Å²) in [7, 11) is 4.09. The van der Waals surface area contributed by atoms with E-state index in [0.717, 1.165) is 42.6 Å². The van der Waals surface area contributed by atoms with Crippen LogP contribution in [0.15, 0.2) is 36.4 Å². The summed E-state index contributed by atoms with van der Waals surface area (Å²) in [6.07, 6.45) is 3.32. The highest BCUT2D eigenvalue weighted by Crippen LogP contribution is 2.34. The fraction of sp³-hybridized carbons (Fsp3) is 0.500. The van der Waals surface area contributed by atoms with Crippen molar-refractivity contribution in [1.29, 1.82) is 0 Å². The predicted octanol–water partition coefficient (Wildman–Crippen LogP) is 5.17. The Morgan fingerprint density at radius 1 is 1.14 bits per heavy atom. The number of rotatable bonds is 9. The molecule has 2 aromatic rings. The summed E-state index contributed by atoms with van der Waals surface area (Å²) in [6.45, 7) is 8.06. The SMILES string of the molecule is Cc1cc(C(=O)NCCCCN(C)C)cc(C)c1N1C[C@@H](Cc2ccccc2F)C[C@@H](C)C1=O.Cl. The van der Waals surface area contributed by atoms with Gasteiger partial charge in [0.1, 0.15) is 5.82 Å². The minimum absolute atomic E-state index is 0. The van der Waals surface area contributed by atoms with Crippen LogP contribution in [0.3, 0.4) is 0 Å². The Hall–Kier alpha value is -2.44. The molecule has 0 aliphatic carbocycles. The second-order valence-corrected chi connectivity index (χ2v) is 9.97. The van der Waals surface area contributed by atoms with E-state index < -0.39 is 0 Å². The number of anilines is 1. The van der Waals surface area contributed by atoms with Gasteiger partial charge in [-0.2, -0.15) is 0 Å². The molecule has 1 aliphatic heterocycles. The molecule has 0 spiro atoms. The third-order valence-electron chi connectivity index (χ3n) is 6.62. The number of piperidine rings is 1. The highest BCUT2D eigenvalue weighted by atomic mass is 35.5. The molecule has 1 N–H and O–H groups in total. The lowest BCUT2D eigenvalue weighted by Crippen LogP contribution is -2.46. The van der Waals surface area contributed by atoms with Gasteiger partial charge in [-0.15, -0.1) is 12.4 Å². The van der Waals surface area contributed by atoms with Crippen LogP contribution in [0.2, 0.25) is 0 Å². The Kier molecular flexibility index (Phi) is 10.7. The molecule has 1 saturated heterocycles. The summed E-state index contributed by atoms with van der Waals surface area (Å²) in [5.74, 6) is -0.140. The van der Waals surface area contributed by atoms with Crippen LogP contribution in [0.4, 0.5) is 10.1 Å². The number of carbonyl (C=O) groups is 2. The summed E-state index contributed by atoms with van der Waals surface area (Å²) in [5.41, 5.74) is 4.00. The zero-order valence-corrected chi connectivity index (χ0v) is 22.4. The van der Waals surface area contributed by atoms with Crippen molar-refractivity contribution in [2.75, 3.05) is 38.6 Å². The zero-order valence-electron chi connectivity index (χ0n) is 21.6. The number of aryl methyl sites for hydroxylation is 2. The van der Waals surface area contributed by atoms with Crippen LogP contribution in [-0.2, 0) is 11.2 Å². The molecule has 7 heteroatoms. The Morgan fingerprint density at radius 3 is 2.43 bits per heavy atom. The third kappa shape index (κ3) is 7.52. The van der Waals surface area contributed by atoms with E-state index in [2.05, 4.69) is 10.2 Å². The molecule has 3 rings (SSSR count). The maximum absolute atomic E-state index is 14.2. The minimum Gasteiger partial charge on any atom is -0.352 e. The molecule has 0 saturated carbocycles. The summed E-state index contributed by atoms with van der Waals surface area (Å²) < 4.78 is 14.2. The van der Waals surface area contributed by atoms with Crippen molar-refractivity contribution in [3.8, 4) is 0 Å². The topological polar surface area (TPSA) is 52.7 Å². The summed E-state index contributed by atoms with van der Waals surface area (Å²) in [6, 6.07) is 10.6. The van der Waals surface area contributed by atoms with Gasteiger partial charge in [-0.25, -0.2) is 4.39 Å². The van der Waals surface area contributed by atoms with Crippen molar-refractivity contribution in [3.63, 3.8) is 0 Å². The van der Waals surface area contributed by atoms with E-state index in [4.69, 9.17) is 0 Å². The van der Waals surface area contributed by atoms with Crippen LogP contribution in [0.5, 0.6) is 0 Å². The van der Waals surface area contributed by atoms with Crippen LogP contribution < -0.4 is 10.2 Å². The van der Waals surface area contributed by atoms with Gasteiger partial charge >= 0.3 is 0 Å². The fourth-order valence-corrected chi connectivity index (χ4v) is 4.98. The Bertz CT molecular complexity index is 1000. The standard InChI is InChI=1S/C28H38FN3O2.ClH/c1-19-15-24(27(33)30-12-8-9-13-31(4)5)16-20(2)26(19)32-18-22(14-21(3)28(32)34)17-23-10-6-7-11-25(23)29;/h6-7,10-11,15-16,21-22H,8-9,12-14,17-18H2,1-5H3,(H,30,33);1H/t21-,22-;/m1./s1. The third-order valence-corrected chi connectivity index (χ3v) is 6.62. The molecule has 0 unspecified atom stereocenters. The number of halogens is 2. The number of hydrogen-bond donors (Lipinski definition) is 1. The lowest BCUT2D eigenvalue weighted by atomic mass is 9.84. The molecule has 0 bridgehead atoms. The molecule has 0 radical (unpaired) electrons. The normalized spacial score (nSPS) is 17.9. The highest BCUT2D eigenvalue weighted by molar-refractivity contribution is 5.99. The van der Waals surface area contributed by atoms with Crippen molar-refractivity contribution >= 4 is 29.9 Å². The van der Waals surface area contributed by atoms with Gasteiger partial charge in [0.2, 0.25) is 5.91 Å². The molecule has 35 heavy (non-hydrogen) atoms. The van der Waals surface area contributed by atoms with Crippen molar-refractivity contribution in [1.82, 2.24) is 10.2 Å². The molecule has 1 fully saturated rings. The molecule has 0 aromatic heterocycles. The maximum Gasteiger partial charge on any atom is 0.251 e. The average Bonchev–Trinajstić information content (AvgIpc) is 2.77.